The van der Waals surface area contributed by atoms with Crippen molar-refractivity contribution in [3.05, 3.63) is 0 Å². The molecule has 0 radical (unpaired) electrons. The first-order chi connectivity index (χ1) is 5.00. The first-order valence-electron chi connectivity index (χ1n) is 4.14. The maximum atomic E-state index is 9.67. The molecule has 0 spiro atoms. The number of piperazine rings is 1. The highest BCUT2D eigenvalue weighted by Gasteiger charge is 2.29. The lowest BCUT2D eigenvalue weighted by molar-refractivity contribution is 0.0142. The molecule has 1 aliphatic heterocycles. The monoisotopic (exact) mass is 158 g/mol. The zero-order valence-electron chi connectivity index (χ0n) is 7.59. The van der Waals surface area contributed by atoms with Gasteiger partial charge in [-0.1, -0.05) is 0 Å². The van der Waals surface area contributed by atoms with Gasteiger partial charge in [-0.3, -0.25) is 0 Å². The van der Waals surface area contributed by atoms with E-state index in [-0.39, 0.29) is 6.04 Å². The molecule has 0 unspecified atom stereocenters. The summed E-state index contributed by atoms with van der Waals surface area (Å²) in [5.41, 5.74) is -0.602. The van der Waals surface area contributed by atoms with Gasteiger partial charge in [0.05, 0.1) is 5.60 Å². The van der Waals surface area contributed by atoms with Crippen LogP contribution in [0.5, 0.6) is 0 Å². The molecule has 66 valence electrons. The van der Waals surface area contributed by atoms with Crippen molar-refractivity contribution in [1.82, 2.24) is 10.2 Å². The minimum atomic E-state index is -0.602. The molecular weight excluding hydrogens is 140 g/mol. The van der Waals surface area contributed by atoms with E-state index in [0.717, 1.165) is 19.6 Å². The molecule has 0 aromatic rings. The Morgan fingerprint density at radius 1 is 1.55 bits per heavy atom. The summed E-state index contributed by atoms with van der Waals surface area (Å²) in [5.74, 6) is 0. The van der Waals surface area contributed by atoms with Crippen molar-refractivity contribution in [3.8, 4) is 0 Å². The van der Waals surface area contributed by atoms with Crippen LogP contribution in [-0.2, 0) is 0 Å². The third kappa shape index (κ3) is 2.43. The smallest absolute Gasteiger partial charge is 0.0756 e. The van der Waals surface area contributed by atoms with Gasteiger partial charge in [0.25, 0.3) is 0 Å². The third-order valence-corrected chi connectivity index (χ3v) is 2.23. The minimum Gasteiger partial charge on any atom is -0.389 e. The Balaban J connectivity index is 2.46. The molecular formula is C8H18N2O. The van der Waals surface area contributed by atoms with Crippen LogP contribution in [0.2, 0.25) is 0 Å². The molecule has 0 amide bonds. The fourth-order valence-corrected chi connectivity index (χ4v) is 1.37. The zero-order valence-corrected chi connectivity index (χ0v) is 7.59. The van der Waals surface area contributed by atoms with Gasteiger partial charge in [0, 0.05) is 25.7 Å². The summed E-state index contributed by atoms with van der Waals surface area (Å²) >= 11 is 0. The normalized spacial score (nSPS) is 28.9. The fourth-order valence-electron chi connectivity index (χ4n) is 1.37. The number of nitrogens with zero attached hydrogens (tertiary/aromatic N) is 1. The molecule has 11 heavy (non-hydrogen) atoms. The van der Waals surface area contributed by atoms with Crippen LogP contribution in [0.15, 0.2) is 0 Å². The van der Waals surface area contributed by atoms with E-state index in [1.165, 1.54) is 0 Å². The summed E-state index contributed by atoms with van der Waals surface area (Å²) in [4.78, 5) is 2.24. The van der Waals surface area contributed by atoms with E-state index in [1.807, 2.05) is 13.8 Å². The van der Waals surface area contributed by atoms with Crippen LogP contribution in [-0.4, -0.2) is 48.3 Å². The standard InChI is InChI=1S/C8H18N2O/c1-8(2,11)7-6-10(3)5-4-9-7/h7,9,11H,4-6H2,1-3H3/t7-/m0/s1. The molecule has 1 saturated heterocycles. The molecule has 1 atom stereocenters. The fraction of sp³-hybridized carbons (Fsp3) is 1.00. The summed E-state index contributed by atoms with van der Waals surface area (Å²) in [6.07, 6.45) is 0. The van der Waals surface area contributed by atoms with Crippen LogP contribution in [0.4, 0.5) is 0 Å². The molecule has 0 aromatic heterocycles. The lowest BCUT2D eigenvalue weighted by Crippen LogP contribution is -2.58. The van der Waals surface area contributed by atoms with Crippen molar-refractivity contribution < 1.29 is 5.11 Å². The van der Waals surface area contributed by atoms with Crippen LogP contribution in [0.1, 0.15) is 13.8 Å². The molecule has 0 aromatic carbocycles. The van der Waals surface area contributed by atoms with E-state index >= 15 is 0 Å². The van der Waals surface area contributed by atoms with Crippen LogP contribution < -0.4 is 5.32 Å². The molecule has 0 saturated carbocycles. The van der Waals surface area contributed by atoms with E-state index in [2.05, 4.69) is 17.3 Å². The SMILES string of the molecule is CN1CCN[C@H](C(C)(C)O)C1. The Hall–Kier alpha value is -0.120. The van der Waals surface area contributed by atoms with Crippen molar-refractivity contribution >= 4 is 0 Å². The number of hydrogen-bond acceptors (Lipinski definition) is 3. The van der Waals surface area contributed by atoms with Gasteiger partial charge in [-0.15, -0.1) is 0 Å². The molecule has 2 N–H and O–H groups in total. The van der Waals surface area contributed by atoms with Gasteiger partial charge >= 0.3 is 0 Å². The Bertz CT molecular complexity index is 131. The van der Waals surface area contributed by atoms with Gasteiger partial charge < -0.3 is 15.3 Å². The van der Waals surface area contributed by atoms with E-state index in [0.29, 0.717) is 0 Å². The summed E-state index contributed by atoms with van der Waals surface area (Å²) in [7, 11) is 2.08. The second-order valence-electron chi connectivity index (χ2n) is 3.92. The highest BCUT2D eigenvalue weighted by molar-refractivity contribution is 4.88. The topological polar surface area (TPSA) is 35.5 Å². The maximum Gasteiger partial charge on any atom is 0.0756 e. The Kier molecular flexibility index (Phi) is 2.52. The molecule has 1 rings (SSSR count). The van der Waals surface area contributed by atoms with Crippen molar-refractivity contribution in [1.29, 1.82) is 0 Å². The Morgan fingerprint density at radius 2 is 2.18 bits per heavy atom. The number of likely N-dealkylation sites (N-methyl/N-ethyl adjacent to an activating group) is 1. The molecule has 1 aliphatic rings. The summed E-state index contributed by atoms with van der Waals surface area (Å²) < 4.78 is 0. The van der Waals surface area contributed by atoms with Crippen molar-refractivity contribution in [2.24, 2.45) is 0 Å². The first kappa shape index (κ1) is 8.97. The Labute approximate surface area is 68.4 Å². The molecule has 0 bridgehead atoms. The lowest BCUT2D eigenvalue weighted by Gasteiger charge is -2.37. The summed E-state index contributed by atoms with van der Waals surface area (Å²) in [5, 5.41) is 13.0. The first-order valence-corrected chi connectivity index (χ1v) is 4.14. The van der Waals surface area contributed by atoms with Crippen LogP contribution in [0, 0.1) is 0 Å². The largest absolute Gasteiger partial charge is 0.389 e. The third-order valence-electron chi connectivity index (χ3n) is 2.23. The van der Waals surface area contributed by atoms with Crippen LogP contribution in [0.3, 0.4) is 0 Å². The van der Waals surface area contributed by atoms with E-state index < -0.39 is 5.60 Å². The quantitative estimate of drug-likeness (QED) is 0.548. The summed E-state index contributed by atoms with van der Waals surface area (Å²) in [6.45, 7) is 6.69. The van der Waals surface area contributed by atoms with Gasteiger partial charge in [-0.25, -0.2) is 0 Å². The highest BCUT2D eigenvalue weighted by atomic mass is 16.3. The van der Waals surface area contributed by atoms with Gasteiger partial charge in [0.15, 0.2) is 0 Å². The number of rotatable bonds is 1. The minimum absolute atomic E-state index is 0.209. The van der Waals surface area contributed by atoms with Crippen molar-refractivity contribution in [3.63, 3.8) is 0 Å². The Morgan fingerprint density at radius 3 is 2.55 bits per heavy atom. The average molecular weight is 158 g/mol. The zero-order chi connectivity index (χ0) is 8.48. The van der Waals surface area contributed by atoms with Gasteiger partial charge in [-0.05, 0) is 20.9 Å². The van der Waals surface area contributed by atoms with E-state index in [1.54, 1.807) is 0 Å². The molecule has 1 heterocycles. The molecule has 0 aliphatic carbocycles. The van der Waals surface area contributed by atoms with Crippen LogP contribution >= 0.6 is 0 Å². The van der Waals surface area contributed by atoms with Gasteiger partial charge in [-0.2, -0.15) is 0 Å². The van der Waals surface area contributed by atoms with E-state index in [4.69, 9.17) is 0 Å². The number of nitrogens with one attached hydrogen (secondary N) is 1. The second kappa shape index (κ2) is 3.09. The maximum absolute atomic E-state index is 9.67. The predicted octanol–water partition coefficient (Wildman–Crippen LogP) is -0.339. The number of hydrogen-bond donors (Lipinski definition) is 2. The van der Waals surface area contributed by atoms with Crippen molar-refractivity contribution in [2.75, 3.05) is 26.7 Å². The lowest BCUT2D eigenvalue weighted by atomic mass is 9.97. The molecule has 1 fully saturated rings. The van der Waals surface area contributed by atoms with Crippen LogP contribution in [0.25, 0.3) is 0 Å². The van der Waals surface area contributed by atoms with E-state index in [9.17, 15) is 5.11 Å². The van der Waals surface area contributed by atoms with Crippen molar-refractivity contribution in [2.45, 2.75) is 25.5 Å². The highest BCUT2D eigenvalue weighted by Crippen LogP contribution is 2.11. The summed E-state index contributed by atoms with van der Waals surface area (Å²) in [6, 6.07) is 0.209. The predicted molar refractivity (Wildman–Crippen MR) is 45.6 cm³/mol. The number of aliphatic hydroxyl groups is 1. The van der Waals surface area contributed by atoms with Gasteiger partial charge in [0.1, 0.15) is 0 Å². The van der Waals surface area contributed by atoms with Gasteiger partial charge in [0.2, 0.25) is 0 Å². The molecule has 3 heteroatoms. The second-order valence-corrected chi connectivity index (χ2v) is 3.92. The average Bonchev–Trinajstić information content (AvgIpc) is 1.86. The molecule has 3 nitrogen and oxygen atoms in total.